The van der Waals surface area contributed by atoms with Crippen molar-refractivity contribution in [1.29, 1.82) is 0 Å². The summed E-state index contributed by atoms with van der Waals surface area (Å²) in [6.45, 7) is 4.26. The molecule has 0 atom stereocenters. The van der Waals surface area contributed by atoms with Crippen molar-refractivity contribution in [1.82, 2.24) is 14.9 Å². The van der Waals surface area contributed by atoms with Crippen LogP contribution in [0.4, 0.5) is 0 Å². The van der Waals surface area contributed by atoms with Gasteiger partial charge in [-0.05, 0) is 32.6 Å². The van der Waals surface area contributed by atoms with Crippen molar-refractivity contribution in [3.8, 4) is 0 Å². The zero-order valence-electron chi connectivity index (χ0n) is 14.9. The number of aryl methyl sites for hydroxylation is 1. The summed E-state index contributed by atoms with van der Waals surface area (Å²) in [5, 5.41) is 3.10. The predicted molar refractivity (Wildman–Crippen MR) is 94.0 cm³/mol. The highest BCUT2D eigenvalue weighted by molar-refractivity contribution is 5.78. The molecule has 1 aromatic heterocycles. The number of hydrogen-bond acceptors (Lipinski definition) is 3. The Hall–Kier alpha value is -1.36. The number of nitrogens with zero attached hydrogens (tertiary/aromatic N) is 2. The molecule has 0 radical (unpaired) electrons. The molecule has 0 bridgehead atoms. The molecule has 0 unspecified atom stereocenters. The van der Waals surface area contributed by atoms with Crippen LogP contribution in [0.3, 0.4) is 0 Å². The largest absolute Gasteiger partial charge is 0.381 e. The Kier molecular flexibility index (Phi) is 6.30. The minimum absolute atomic E-state index is 0.127. The number of carbonyl (C=O) groups excluding carboxylic acids is 1. The smallest absolute Gasteiger partial charge is 0.223 e. The summed E-state index contributed by atoms with van der Waals surface area (Å²) in [5.41, 5.74) is 1.26. The third-order valence-corrected chi connectivity index (χ3v) is 5.49. The third-order valence-electron chi connectivity index (χ3n) is 5.49. The van der Waals surface area contributed by atoms with Crippen molar-refractivity contribution < 1.29 is 9.53 Å². The topological polar surface area (TPSA) is 56.1 Å². The molecule has 2 fully saturated rings. The van der Waals surface area contributed by atoms with Crippen LogP contribution in [0.5, 0.6) is 0 Å². The highest BCUT2D eigenvalue weighted by Gasteiger charge is 2.22. The van der Waals surface area contributed by atoms with Crippen LogP contribution < -0.4 is 5.32 Å². The zero-order valence-corrected chi connectivity index (χ0v) is 14.9. The average Bonchev–Trinajstić information content (AvgIpc) is 2.81. The molecule has 1 saturated carbocycles. The summed E-state index contributed by atoms with van der Waals surface area (Å²) in [5.74, 6) is 1.44. The Labute approximate surface area is 145 Å². The average molecular weight is 333 g/mol. The van der Waals surface area contributed by atoms with Crippen LogP contribution in [0.15, 0.2) is 6.20 Å². The van der Waals surface area contributed by atoms with E-state index in [4.69, 9.17) is 4.74 Å². The van der Waals surface area contributed by atoms with Crippen LogP contribution in [0, 0.1) is 12.8 Å². The van der Waals surface area contributed by atoms with Gasteiger partial charge in [-0.15, -0.1) is 0 Å². The second-order valence-corrected chi connectivity index (χ2v) is 7.26. The van der Waals surface area contributed by atoms with Gasteiger partial charge in [-0.2, -0.15) is 0 Å². The van der Waals surface area contributed by atoms with Gasteiger partial charge in [-0.25, -0.2) is 4.98 Å². The Morgan fingerprint density at radius 2 is 1.92 bits per heavy atom. The monoisotopic (exact) mass is 333 g/mol. The van der Waals surface area contributed by atoms with E-state index in [-0.39, 0.29) is 11.8 Å². The Morgan fingerprint density at radius 3 is 2.62 bits per heavy atom. The minimum atomic E-state index is 0.127. The lowest BCUT2D eigenvalue weighted by Gasteiger charge is -2.22. The van der Waals surface area contributed by atoms with Gasteiger partial charge in [0, 0.05) is 50.0 Å². The van der Waals surface area contributed by atoms with Gasteiger partial charge in [0.1, 0.15) is 5.82 Å². The molecule has 1 aliphatic carbocycles. The number of amides is 1. The molecule has 1 saturated heterocycles. The molecule has 3 rings (SSSR count). The molecule has 134 valence electrons. The minimum Gasteiger partial charge on any atom is -0.381 e. The summed E-state index contributed by atoms with van der Waals surface area (Å²) in [4.78, 5) is 16.9. The quantitative estimate of drug-likeness (QED) is 0.842. The lowest BCUT2D eigenvalue weighted by atomic mass is 9.99. The number of nitrogens with one attached hydrogen (secondary N) is 1. The van der Waals surface area contributed by atoms with Crippen LogP contribution >= 0.6 is 0 Å². The van der Waals surface area contributed by atoms with Gasteiger partial charge in [0.05, 0.1) is 0 Å². The summed E-state index contributed by atoms with van der Waals surface area (Å²) in [7, 11) is 0. The zero-order chi connectivity index (χ0) is 16.8. The van der Waals surface area contributed by atoms with Crippen LogP contribution in [0.1, 0.15) is 68.9 Å². The van der Waals surface area contributed by atoms with Gasteiger partial charge >= 0.3 is 0 Å². The summed E-state index contributed by atoms with van der Waals surface area (Å²) in [6, 6.07) is 0.594. The van der Waals surface area contributed by atoms with E-state index in [9.17, 15) is 4.79 Å². The molecule has 24 heavy (non-hydrogen) atoms. The maximum Gasteiger partial charge on any atom is 0.223 e. The summed E-state index contributed by atoms with van der Waals surface area (Å²) in [6.07, 6.45) is 12.4. The SMILES string of the molecule is Cc1cnc(CCNC(=O)C2CCOCC2)n1C1CCCCCC1. The number of hydrogen-bond donors (Lipinski definition) is 1. The second kappa shape index (κ2) is 8.65. The van der Waals surface area contributed by atoms with Crippen molar-refractivity contribution in [2.45, 2.75) is 70.8 Å². The molecular weight excluding hydrogens is 302 g/mol. The summed E-state index contributed by atoms with van der Waals surface area (Å²) < 4.78 is 7.76. The Balaban J connectivity index is 1.54. The first kappa shape index (κ1) is 17.5. The van der Waals surface area contributed by atoms with E-state index < -0.39 is 0 Å². The Bertz CT molecular complexity index is 527. The van der Waals surface area contributed by atoms with Gasteiger partial charge in [0.15, 0.2) is 0 Å². The molecule has 0 aromatic carbocycles. The molecule has 1 N–H and O–H groups in total. The fourth-order valence-electron chi connectivity index (χ4n) is 4.10. The van der Waals surface area contributed by atoms with Crippen molar-refractivity contribution in [2.24, 2.45) is 5.92 Å². The van der Waals surface area contributed by atoms with Gasteiger partial charge in [-0.3, -0.25) is 4.79 Å². The van der Waals surface area contributed by atoms with Crippen molar-refractivity contribution >= 4 is 5.91 Å². The highest BCUT2D eigenvalue weighted by Crippen LogP contribution is 2.29. The van der Waals surface area contributed by atoms with E-state index in [0.717, 1.165) is 25.1 Å². The van der Waals surface area contributed by atoms with Gasteiger partial charge in [-0.1, -0.05) is 25.7 Å². The van der Waals surface area contributed by atoms with E-state index in [1.54, 1.807) is 0 Å². The number of rotatable bonds is 5. The van der Waals surface area contributed by atoms with Crippen LogP contribution in [0.25, 0.3) is 0 Å². The first-order valence-electron chi connectivity index (χ1n) is 9.64. The fraction of sp³-hybridized carbons (Fsp3) is 0.789. The Morgan fingerprint density at radius 1 is 1.21 bits per heavy atom. The predicted octanol–water partition coefficient (Wildman–Crippen LogP) is 3.17. The molecule has 5 heteroatoms. The van der Waals surface area contributed by atoms with Gasteiger partial charge in [0.25, 0.3) is 0 Å². The first-order chi connectivity index (χ1) is 11.8. The van der Waals surface area contributed by atoms with Crippen molar-refractivity contribution in [3.63, 3.8) is 0 Å². The lowest BCUT2D eigenvalue weighted by molar-refractivity contribution is -0.127. The van der Waals surface area contributed by atoms with Crippen LogP contribution in [0.2, 0.25) is 0 Å². The standard InChI is InChI=1S/C19H31N3O2/c1-15-14-21-18(22(15)17-6-4-2-3-5-7-17)8-11-20-19(23)16-9-12-24-13-10-16/h14,16-17H,2-13H2,1H3,(H,20,23). The van der Waals surface area contributed by atoms with Crippen LogP contribution in [-0.4, -0.2) is 35.2 Å². The van der Waals surface area contributed by atoms with E-state index in [0.29, 0.717) is 25.8 Å². The molecule has 0 spiro atoms. The van der Waals surface area contributed by atoms with E-state index >= 15 is 0 Å². The molecule has 1 amide bonds. The van der Waals surface area contributed by atoms with Crippen molar-refractivity contribution in [2.75, 3.05) is 19.8 Å². The second-order valence-electron chi connectivity index (χ2n) is 7.26. The molecule has 1 aliphatic heterocycles. The number of carbonyl (C=O) groups is 1. The number of aromatic nitrogens is 2. The molecular formula is C19H31N3O2. The fourth-order valence-corrected chi connectivity index (χ4v) is 4.10. The maximum absolute atomic E-state index is 12.2. The van der Waals surface area contributed by atoms with Gasteiger partial charge in [0.2, 0.25) is 5.91 Å². The molecule has 2 heterocycles. The van der Waals surface area contributed by atoms with Gasteiger partial charge < -0.3 is 14.6 Å². The third kappa shape index (κ3) is 4.38. The number of ether oxygens (including phenoxy) is 1. The van der Waals surface area contributed by atoms with Crippen molar-refractivity contribution in [3.05, 3.63) is 17.7 Å². The maximum atomic E-state index is 12.2. The van der Waals surface area contributed by atoms with E-state index in [2.05, 4.69) is 21.8 Å². The normalized spacial score (nSPS) is 20.7. The van der Waals surface area contributed by atoms with Crippen LogP contribution in [-0.2, 0) is 16.0 Å². The summed E-state index contributed by atoms with van der Waals surface area (Å²) >= 11 is 0. The molecule has 1 aromatic rings. The number of imidazole rings is 1. The molecule has 5 nitrogen and oxygen atoms in total. The molecule has 2 aliphatic rings. The lowest BCUT2D eigenvalue weighted by Crippen LogP contribution is -2.35. The first-order valence-corrected chi connectivity index (χ1v) is 9.64. The highest BCUT2D eigenvalue weighted by atomic mass is 16.5. The van der Waals surface area contributed by atoms with E-state index in [1.165, 1.54) is 44.2 Å². The van der Waals surface area contributed by atoms with E-state index in [1.807, 2.05) is 6.20 Å².